The molecule has 4 unspecified atom stereocenters. The van der Waals surface area contributed by atoms with Crippen molar-refractivity contribution in [3.8, 4) is 0 Å². The smallest absolute Gasteiger partial charge is 0.149 e. The van der Waals surface area contributed by atoms with Crippen LogP contribution < -0.4 is 0 Å². The van der Waals surface area contributed by atoms with Crippen LogP contribution in [-0.4, -0.2) is 27.6 Å². The molecule has 4 atom stereocenters. The van der Waals surface area contributed by atoms with Crippen LogP contribution in [0.5, 0.6) is 0 Å². The van der Waals surface area contributed by atoms with Crippen molar-refractivity contribution in [3.05, 3.63) is 39.0 Å². The number of alkyl halides is 2. The topological polar surface area (TPSA) is 18.5 Å². The molecule has 10 heteroatoms. The Balaban J connectivity index is 2.05. The number of hydrogen-bond donors (Lipinski definition) is 0. The number of halogens is 8. The van der Waals surface area contributed by atoms with Crippen LogP contribution in [0.1, 0.15) is 13.8 Å². The first-order chi connectivity index (χ1) is 11.4. The zero-order valence-electron chi connectivity index (χ0n) is 12.9. The average Bonchev–Trinajstić information content (AvgIpc) is 2.54. The molecule has 25 heavy (non-hydrogen) atoms. The Morgan fingerprint density at radius 3 is 1.40 bits per heavy atom. The standard InChI is InChI=1S/C15H12Br8O2/c1-14(22)8(16)3-6(10(18)12(14)20)24-5-25-7-4-9(17)15(2,23)13(21)11(7)19/h3-4,6-7H,5H2,1-2H3. The molecule has 0 fully saturated rings. The van der Waals surface area contributed by atoms with Crippen molar-refractivity contribution in [1.29, 1.82) is 0 Å². The van der Waals surface area contributed by atoms with Gasteiger partial charge in [0, 0.05) is 26.9 Å². The summed E-state index contributed by atoms with van der Waals surface area (Å²) in [4.78, 5) is 0. The fourth-order valence-electron chi connectivity index (χ4n) is 2.06. The lowest BCUT2D eigenvalue weighted by molar-refractivity contribution is -0.0742. The van der Waals surface area contributed by atoms with Crippen LogP contribution in [0.3, 0.4) is 0 Å². The van der Waals surface area contributed by atoms with E-state index < -0.39 is 0 Å². The van der Waals surface area contributed by atoms with Crippen LogP contribution in [0.25, 0.3) is 0 Å². The summed E-state index contributed by atoms with van der Waals surface area (Å²) in [6, 6.07) is 0. The molecule has 0 aromatic heterocycles. The molecule has 140 valence electrons. The molecule has 0 saturated carbocycles. The van der Waals surface area contributed by atoms with E-state index in [1.165, 1.54) is 0 Å². The first-order valence-corrected chi connectivity index (χ1v) is 13.2. The molecule has 0 heterocycles. The van der Waals surface area contributed by atoms with Gasteiger partial charge in [0.05, 0.1) is 8.65 Å². The van der Waals surface area contributed by atoms with Crippen LogP contribution in [0.4, 0.5) is 0 Å². The Labute approximate surface area is 214 Å². The molecule has 0 amide bonds. The van der Waals surface area contributed by atoms with Crippen molar-refractivity contribution in [1.82, 2.24) is 0 Å². The van der Waals surface area contributed by atoms with E-state index in [1.54, 1.807) is 0 Å². The zero-order chi connectivity index (χ0) is 19.2. The second-order valence-electron chi connectivity index (χ2n) is 5.65. The predicted octanol–water partition coefficient (Wildman–Crippen LogP) is 8.61. The summed E-state index contributed by atoms with van der Waals surface area (Å²) in [6.45, 7) is 4.23. The lowest BCUT2D eigenvalue weighted by Gasteiger charge is -2.32. The van der Waals surface area contributed by atoms with Crippen LogP contribution >= 0.6 is 127 Å². The molecule has 0 aliphatic heterocycles. The molecular weight excluding hydrogens is 851 g/mol. The lowest BCUT2D eigenvalue weighted by Crippen LogP contribution is -2.30. The van der Waals surface area contributed by atoms with E-state index in [2.05, 4.69) is 127 Å². The molecule has 2 aliphatic rings. The van der Waals surface area contributed by atoms with E-state index >= 15 is 0 Å². The molecular formula is C15H12Br8O2. The van der Waals surface area contributed by atoms with Crippen molar-refractivity contribution >= 4 is 127 Å². The minimum atomic E-state index is -0.305. The minimum absolute atomic E-state index is 0.131. The SMILES string of the molecule is CC1(Br)C(Br)=CC(OCOC2C=C(Br)C(C)(Br)C(Br)=C2Br)C(Br)=C1Br. The largest absolute Gasteiger partial charge is 0.343 e. The van der Waals surface area contributed by atoms with Crippen molar-refractivity contribution in [2.45, 2.75) is 34.7 Å². The summed E-state index contributed by atoms with van der Waals surface area (Å²) in [5.74, 6) is 0. The zero-order valence-corrected chi connectivity index (χ0v) is 25.5. The third-order valence-corrected chi connectivity index (χ3v) is 14.8. The first-order valence-electron chi connectivity index (χ1n) is 6.88. The molecule has 0 aromatic carbocycles. The van der Waals surface area contributed by atoms with Gasteiger partial charge in [-0.1, -0.05) is 127 Å². The third-order valence-electron chi connectivity index (χ3n) is 3.73. The molecule has 2 nitrogen and oxygen atoms in total. The Kier molecular flexibility index (Phi) is 8.88. The maximum Gasteiger partial charge on any atom is 0.149 e. The molecule has 0 N–H and O–H groups in total. The van der Waals surface area contributed by atoms with E-state index in [0.717, 1.165) is 26.9 Å². The van der Waals surface area contributed by atoms with E-state index in [-0.39, 0.29) is 27.6 Å². The number of allylic oxidation sites excluding steroid dienone is 4. The number of rotatable bonds is 4. The fourth-order valence-corrected chi connectivity index (χ4v) is 6.89. The summed E-state index contributed by atoms with van der Waals surface area (Å²) in [6.07, 6.45) is 3.52. The summed E-state index contributed by atoms with van der Waals surface area (Å²) < 4.78 is 16.9. The van der Waals surface area contributed by atoms with Gasteiger partial charge in [0.25, 0.3) is 0 Å². The Morgan fingerprint density at radius 1 is 0.760 bits per heavy atom. The van der Waals surface area contributed by atoms with Gasteiger partial charge in [-0.25, -0.2) is 0 Å². The molecule has 0 saturated heterocycles. The maximum atomic E-state index is 5.90. The highest BCUT2D eigenvalue weighted by molar-refractivity contribution is 9.17. The van der Waals surface area contributed by atoms with Crippen LogP contribution in [0.2, 0.25) is 0 Å². The highest BCUT2D eigenvalue weighted by Crippen LogP contribution is 2.50. The van der Waals surface area contributed by atoms with Gasteiger partial charge in [-0.3, -0.25) is 0 Å². The number of hydrogen-bond acceptors (Lipinski definition) is 2. The van der Waals surface area contributed by atoms with Gasteiger partial charge in [0.15, 0.2) is 0 Å². The lowest BCUT2D eigenvalue weighted by atomic mass is 10.0. The molecule has 0 aromatic rings. The van der Waals surface area contributed by atoms with Gasteiger partial charge in [-0.15, -0.1) is 0 Å². The van der Waals surface area contributed by atoms with E-state index in [1.807, 2.05) is 26.0 Å². The molecule has 2 rings (SSSR count). The Bertz CT molecular complexity index is 632. The first kappa shape index (κ1) is 24.0. The molecule has 0 spiro atoms. The maximum absolute atomic E-state index is 5.90. The summed E-state index contributed by atoms with van der Waals surface area (Å²) in [5.41, 5.74) is 0. The number of ether oxygens (including phenoxy) is 2. The average molecular weight is 863 g/mol. The van der Waals surface area contributed by atoms with Crippen LogP contribution in [0.15, 0.2) is 39.0 Å². The van der Waals surface area contributed by atoms with Gasteiger partial charge < -0.3 is 9.47 Å². The normalized spacial score (nSPS) is 36.6. The van der Waals surface area contributed by atoms with Crippen molar-refractivity contribution in [2.75, 3.05) is 6.79 Å². The van der Waals surface area contributed by atoms with Gasteiger partial charge in [-0.05, 0) is 26.0 Å². The fraction of sp³-hybridized carbons (Fsp3) is 0.467. The highest BCUT2D eigenvalue weighted by atomic mass is 79.9. The highest BCUT2D eigenvalue weighted by Gasteiger charge is 2.38. The van der Waals surface area contributed by atoms with E-state index in [9.17, 15) is 0 Å². The van der Waals surface area contributed by atoms with Crippen molar-refractivity contribution in [3.63, 3.8) is 0 Å². The van der Waals surface area contributed by atoms with Gasteiger partial charge >= 0.3 is 0 Å². The quantitative estimate of drug-likeness (QED) is 0.209. The van der Waals surface area contributed by atoms with Crippen LogP contribution in [-0.2, 0) is 9.47 Å². The summed E-state index contributed by atoms with van der Waals surface area (Å²) >= 11 is 29.0. The van der Waals surface area contributed by atoms with Gasteiger partial charge in [-0.2, -0.15) is 0 Å². The van der Waals surface area contributed by atoms with Crippen molar-refractivity contribution in [2.24, 2.45) is 0 Å². The van der Waals surface area contributed by atoms with Crippen LogP contribution in [0, 0.1) is 0 Å². The predicted molar refractivity (Wildman–Crippen MR) is 133 cm³/mol. The monoisotopic (exact) mass is 855 g/mol. The van der Waals surface area contributed by atoms with Gasteiger partial charge in [0.1, 0.15) is 19.0 Å². The van der Waals surface area contributed by atoms with Gasteiger partial charge in [0.2, 0.25) is 0 Å². The Morgan fingerprint density at radius 2 is 1.08 bits per heavy atom. The Hall–Kier alpha value is 2.72. The third kappa shape index (κ3) is 5.08. The van der Waals surface area contributed by atoms with E-state index in [0.29, 0.717) is 0 Å². The molecule has 0 bridgehead atoms. The molecule has 2 aliphatic carbocycles. The van der Waals surface area contributed by atoms with Crippen molar-refractivity contribution < 1.29 is 9.47 Å². The summed E-state index contributed by atoms with van der Waals surface area (Å²) in [7, 11) is 0. The molecule has 0 radical (unpaired) electrons. The second kappa shape index (κ2) is 9.25. The van der Waals surface area contributed by atoms with E-state index in [4.69, 9.17) is 9.47 Å². The second-order valence-corrected chi connectivity index (χ2v) is 13.8. The minimum Gasteiger partial charge on any atom is -0.343 e. The summed E-state index contributed by atoms with van der Waals surface area (Å²) in [5, 5.41) is 0.